The number of fused-ring (bicyclic) bond motifs is 1. The van der Waals surface area contributed by atoms with Gasteiger partial charge in [-0.1, -0.05) is 13.8 Å². The van der Waals surface area contributed by atoms with Crippen molar-refractivity contribution >= 4 is 10.9 Å². The summed E-state index contributed by atoms with van der Waals surface area (Å²) in [5, 5.41) is 5.36. The molecule has 70 valence electrons. The first-order valence-corrected chi connectivity index (χ1v) is 4.52. The summed E-state index contributed by atoms with van der Waals surface area (Å²) in [6.45, 7) is 5.98. The van der Waals surface area contributed by atoms with E-state index in [4.69, 9.17) is 0 Å². The van der Waals surface area contributed by atoms with Crippen LogP contribution in [0.25, 0.3) is 10.9 Å². The number of aromatic nitrogens is 3. The molecule has 3 nitrogen and oxygen atoms in total. The number of hydrogen-bond acceptors (Lipinski definition) is 2. The molecule has 0 amide bonds. The van der Waals surface area contributed by atoms with Gasteiger partial charge in [0.2, 0.25) is 0 Å². The summed E-state index contributed by atoms with van der Waals surface area (Å²) in [6, 6.07) is 2.03. The predicted octanol–water partition coefficient (Wildman–Crippen LogP) is 2.30. The van der Waals surface area contributed by atoms with Gasteiger partial charge in [0, 0.05) is 24.3 Å². The zero-order valence-electron chi connectivity index (χ0n) is 8.57. The van der Waals surface area contributed by atoms with E-state index in [0.717, 1.165) is 16.6 Å². The second-order valence-corrected chi connectivity index (χ2v) is 2.69. The lowest BCUT2D eigenvalue weighted by Crippen LogP contribution is -1.84. The minimum absolute atomic E-state index is 0.957. The Morgan fingerprint density at radius 1 is 1.31 bits per heavy atom. The zero-order chi connectivity index (χ0) is 9.84. The zero-order valence-corrected chi connectivity index (χ0v) is 8.57. The van der Waals surface area contributed by atoms with Gasteiger partial charge < -0.3 is 0 Å². The fraction of sp³-hybridized carbons (Fsp3) is 0.400. The highest BCUT2D eigenvalue weighted by Crippen LogP contribution is 2.10. The van der Waals surface area contributed by atoms with E-state index in [1.54, 1.807) is 10.9 Å². The summed E-state index contributed by atoms with van der Waals surface area (Å²) < 4.78 is 1.80. The van der Waals surface area contributed by atoms with E-state index in [1.807, 2.05) is 40.1 Å². The van der Waals surface area contributed by atoms with Gasteiger partial charge in [-0.05, 0) is 13.0 Å². The van der Waals surface area contributed by atoms with E-state index in [2.05, 4.69) is 10.1 Å². The summed E-state index contributed by atoms with van der Waals surface area (Å²) >= 11 is 0. The van der Waals surface area contributed by atoms with Crippen molar-refractivity contribution in [2.24, 2.45) is 7.05 Å². The monoisotopic (exact) mass is 177 g/mol. The van der Waals surface area contributed by atoms with Gasteiger partial charge in [-0.3, -0.25) is 9.67 Å². The Balaban J connectivity index is 0.000000396. The Kier molecular flexibility index (Phi) is 3.01. The molecular weight excluding hydrogens is 162 g/mol. The fourth-order valence-electron chi connectivity index (χ4n) is 1.16. The SMILES string of the molecule is CC.Cc1cc2cn(C)nc2cn1. The van der Waals surface area contributed by atoms with Crippen molar-refractivity contribution in [3.8, 4) is 0 Å². The van der Waals surface area contributed by atoms with Crippen molar-refractivity contribution in [3.05, 3.63) is 24.2 Å². The highest BCUT2D eigenvalue weighted by atomic mass is 15.2. The van der Waals surface area contributed by atoms with Gasteiger partial charge in [0.15, 0.2) is 0 Å². The van der Waals surface area contributed by atoms with Crippen LogP contribution in [0.3, 0.4) is 0 Å². The van der Waals surface area contributed by atoms with Crippen LogP contribution in [0.2, 0.25) is 0 Å². The third-order valence-electron chi connectivity index (χ3n) is 1.64. The molecule has 0 aliphatic heterocycles. The molecule has 0 aliphatic carbocycles. The Labute approximate surface area is 78.4 Å². The maximum Gasteiger partial charge on any atom is 0.111 e. The lowest BCUT2D eigenvalue weighted by Gasteiger charge is -1.87. The van der Waals surface area contributed by atoms with Crippen LogP contribution in [0.5, 0.6) is 0 Å². The van der Waals surface area contributed by atoms with Crippen LogP contribution in [0.1, 0.15) is 19.5 Å². The van der Waals surface area contributed by atoms with Gasteiger partial charge >= 0.3 is 0 Å². The Hall–Kier alpha value is -1.38. The van der Waals surface area contributed by atoms with Crippen LogP contribution in [-0.4, -0.2) is 14.8 Å². The molecule has 0 bridgehead atoms. The molecule has 3 heteroatoms. The van der Waals surface area contributed by atoms with Gasteiger partial charge in [-0.2, -0.15) is 5.10 Å². The van der Waals surface area contributed by atoms with Crippen molar-refractivity contribution in [1.29, 1.82) is 0 Å². The lowest BCUT2D eigenvalue weighted by molar-refractivity contribution is 0.779. The molecule has 0 spiro atoms. The van der Waals surface area contributed by atoms with Crippen molar-refractivity contribution in [2.45, 2.75) is 20.8 Å². The van der Waals surface area contributed by atoms with Gasteiger partial charge in [0.1, 0.15) is 5.52 Å². The fourth-order valence-corrected chi connectivity index (χ4v) is 1.16. The number of hydrogen-bond donors (Lipinski definition) is 0. The van der Waals surface area contributed by atoms with Crippen molar-refractivity contribution in [2.75, 3.05) is 0 Å². The van der Waals surface area contributed by atoms with Crippen LogP contribution < -0.4 is 0 Å². The van der Waals surface area contributed by atoms with Crippen molar-refractivity contribution in [1.82, 2.24) is 14.8 Å². The van der Waals surface area contributed by atoms with Crippen molar-refractivity contribution in [3.63, 3.8) is 0 Å². The molecule has 0 saturated heterocycles. The summed E-state index contributed by atoms with van der Waals surface area (Å²) in [5.41, 5.74) is 1.99. The summed E-state index contributed by atoms with van der Waals surface area (Å²) in [4.78, 5) is 4.14. The smallest absolute Gasteiger partial charge is 0.111 e. The average Bonchev–Trinajstić information content (AvgIpc) is 2.48. The maximum atomic E-state index is 4.21. The number of pyridine rings is 1. The predicted molar refractivity (Wildman–Crippen MR) is 54.6 cm³/mol. The van der Waals surface area contributed by atoms with E-state index >= 15 is 0 Å². The van der Waals surface area contributed by atoms with E-state index < -0.39 is 0 Å². The van der Waals surface area contributed by atoms with Gasteiger partial charge in [0.25, 0.3) is 0 Å². The normalized spacial score (nSPS) is 9.54. The second-order valence-electron chi connectivity index (χ2n) is 2.69. The topological polar surface area (TPSA) is 30.7 Å². The molecule has 0 saturated carbocycles. The van der Waals surface area contributed by atoms with Crippen LogP contribution in [0.4, 0.5) is 0 Å². The van der Waals surface area contributed by atoms with Gasteiger partial charge in [-0.15, -0.1) is 0 Å². The first-order chi connectivity index (χ1) is 6.25. The quantitative estimate of drug-likeness (QED) is 0.618. The highest BCUT2D eigenvalue weighted by Gasteiger charge is 1.97. The first kappa shape index (κ1) is 9.71. The Bertz CT molecular complexity index is 390. The molecule has 2 aromatic rings. The minimum atomic E-state index is 0.957. The van der Waals surface area contributed by atoms with Crippen LogP contribution in [0.15, 0.2) is 18.5 Å². The molecule has 2 heterocycles. The molecular formula is C10H15N3. The summed E-state index contributed by atoms with van der Waals surface area (Å²) in [7, 11) is 1.91. The van der Waals surface area contributed by atoms with Crippen LogP contribution in [-0.2, 0) is 7.05 Å². The largest absolute Gasteiger partial charge is 0.275 e. The van der Waals surface area contributed by atoms with E-state index in [1.165, 1.54) is 0 Å². The van der Waals surface area contributed by atoms with Crippen molar-refractivity contribution < 1.29 is 0 Å². The average molecular weight is 177 g/mol. The van der Waals surface area contributed by atoms with E-state index in [-0.39, 0.29) is 0 Å². The summed E-state index contributed by atoms with van der Waals surface area (Å²) in [6.07, 6.45) is 3.79. The molecule has 0 fully saturated rings. The van der Waals surface area contributed by atoms with Gasteiger partial charge in [-0.25, -0.2) is 0 Å². The standard InChI is InChI=1S/C8H9N3.C2H6/c1-6-3-7-5-11(2)10-8(7)4-9-6;1-2/h3-5H,1-2H3;1-2H3. The molecule has 2 rings (SSSR count). The first-order valence-electron chi connectivity index (χ1n) is 4.52. The third kappa shape index (κ3) is 2.05. The molecule has 0 radical (unpaired) electrons. The Morgan fingerprint density at radius 2 is 2.00 bits per heavy atom. The molecule has 0 unspecified atom stereocenters. The summed E-state index contributed by atoms with van der Waals surface area (Å²) in [5.74, 6) is 0. The van der Waals surface area contributed by atoms with E-state index in [9.17, 15) is 0 Å². The molecule has 0 aromatic carbocycles. The molecule has 13 heavy (non-hydrogen) atoms. The molecule has 0 aliphatic rings. The van der Waals surface area contributed by atoms with Crippen LogP contribution >= 0.6 is 0 Å². The van der Waals surface area contributed by atoms with E-state index in [0.29, 0.717) is 0 Å². The third-order valence-corrected chi connectivity index (χ3v) is 1.64. The highest BCUT2D eigenvalue weighted by molar-refractivity contribution is 5.77. The minimum Gasteiger partial charge on any atom is -0.275 e. The van der Waals surface area contributed by atoms with Gasteiger partial charge in [0.05, 0.1) is 6.20 Å². The van der Waals surface area contributed by atoms with Crippen LogP contribution in [0, 0.1) is 6.92 Å². The molecule has 0 atom stereocenters. The Morgan fingerprint density at radius 3 is 2.69 bits per heavy atom. The number of rotatable bonds is 0. The maximum absolute atomic E-state index is 4.21. The number of nitrogens with zero attached hydrogens (tertiary/aromatic N) is 3. The lowest BCUT2D eigenvalue weighted by atomic mass is 10.3. The molecule has 2 aromatic heterocycles. The molecule has 0 N–H and O–H groups in total. The second kappa shape index (κ2) is 4.03. The number of aryl methyl sites for hydroxylation is 2.